The van der Waals surface area contributed by atoms with Gasteiger partial charge in [-0.05, 0) is 74.8 Å². The number of rotatable bonds is 7. The minimum Gasteiger partial charge on any atom is -0.497 e. The van der Waals surface area contributed by atoms with E-state index in [-0.39, 0.29) is 5.97 Å². The van der Waals surface area contributed by atoms with E-state index < -0.39 is 5.60 Å². The number of ether oxygens (including phenoxy) is 3. The standard InChI is InChI=1S/C27H34N2O4/c1-31-23-10-11-24-25(20-23)27(33-26(24)30)12-17-29(18-13-27)21-6-8-22(9-7-21)32-19-5-16-28-14-3-2-4-15-28/h6-11,20H,2-5,12-19H2,1H3. The summed E-state index contributed by atoms with van der Waals surface area (Å²) >= 11 is 0. The lowest BCUT2D eigenvalue weighted by Crippen LogP contribution is -2.42. The number of benzene rings is 2. The smallest absolute Gasteiger partial charge is 0.339 e. The van der Waals surface area contributed by atoms with E-state index in [1.165, 1.54) is 38.0 Å². The van der Waals surface area contributed by atoms with Crippen LogP contribution in [0.1, 0.15) is 54.4 Å². The maximum absolute atomic E-state index is 12.4. The Morgan fingerprint density at radius 1 is 0.939 bits per heavy atom. The Bertz CT molecular complexity index is 961. The molecule has 0 aromatic heterocycles. The zero-order chi connectivity index (χ0) is 22.7. The van der Waals surface area contributed by atoms with Gasteiger partial charge in [0.2, 0.25) is 0 Å². The molecule has 0 amide bonds. The summed E-state index contributed by atoms with van der Waals surface area (Å²) in [7, 11) is 1.65. The third kappa shape index (κ3) is 4.67. The number of esters is 1. The molecule has 176 valence electrons. The van der Waals surface area contributed by atoms with Crippen LogP contribution in [-0.2, 0) is 10.3 Å². The summed E-state index contributed by atoms with van der Waals surface area (Å²) in [6, 6.07) is 14.0. The van der Waals surface area contributed by atoms with Crippen LogP contribution >= 0.6 is 0 Å². The minimum atomic E-state index is -0.533. The van der Waals surface area contributed by atoms with Crippen LogP contribution in [0.25, 0.3) is 0 Å². The SMILES string of the molecule is COc1ccc2c(c1)C1(CCN(c3ccc(OCCCN4CCCCC4)cc3)CC1)OC2=O. The van der Waals surface area contributed by atoms with Gasteiger partial charge in [-0.15, -0.1) is 0 Å². The Hall–Kier alpha value is -2.73. The highest BCUT2D eigenvalue weighted by atomic mass is 16.6. The molecule has 0 aliphatic carbocycles. The van der Waals surface area contributed by atoms with Gasteiger partial charge in [-0.2, -0.15) is 0 Å². The molecule has 2 saturated heterocycles. The number of hydrogen-bond donors (Lipinski definition) is 0. The molecule has 6 nitrogen and oxygen atoms in total. The van der Waals surface area contributed by atoms with Gasteiger partial charge in [-0.25, -0.2) is 4.79 Å². The second-order valence-corrected chi connectivity index (χ2v) is 9.38. The Labute approximate surface area is 196 Å². The van der Waals surface area contributed by atoms with Crippen LogP contribution in [-0.4, -0.2) is 57.3 Å². The number of nitrogens with zero attached hydrogens (tertiary/aromatic N) is 2. The molecule has 0 N–H and O–H groups in total. The number of fused-ring (bicyclic) bond motifs is 2. The van der Waals surface area contributed by atoms with E-state index in [0.717, 1.165) is 62.6 Å². The van der Waals surface area contributed by atoms with Gasteiger partial charge in [-0.3, -0.25) is 0 Å². The molecule has 6 heteroatoms. The second kappa shape index (κ2) is 9.64. The number of carbonyl (C=O) groups is 1. The zero-order valence-corrected chi connectivity index (χ0v) is 19.6. The largest absolute Gasteiger partial charge is 0.497 e. The lowest BCUT2D eigenvalue weighted by molar-refractivity contribution is -0.0211. The first-order valence-electron chi connectivity index (χ1n) is 12.3. The lowest BCUT2D eigenvalue weighted by Gasteiger charge is -2.39. The van der Waals surface area contributed by atoms with Crippen LogP contribution in [0.4, 0.5) is 5.69 Å². The molecule has 33 heavy (non-hydrogen) atoms. The van der Waals surface area contributed by atoms with Crippen LogP contribution in [0, 0.1) is 0 Å². The van der Waals surface area contributed by atoms with Gasteiger partial charge in [0.05, 0.1) is 19.3 Å². The summed E-state index contributed by atoms with van der Waals surface area (Å²) in [5.74, 6) is 1.47. The van der Waals surface area contributed by atoms with E-state index in [1.807, 2.05) is 18.2 Å². The second-order valence-electron chi connectivity index (χ2n) is 9.38. The normalized spacial score (nSPS) is 19.9. The van der Waals surface area contributed by atoms with Crippen molar-refractivity contribution in [3.63, 3.8) is 0 Å². The molecule has 0 unspecified atom stereocenters. The fraction of sp³-hybridized carbons (Fsp3) is 0.519. The maximum Gasteiger partial charge on any atom is 0.339 e. The third-order valence-electron chi connectivity index (χ3n) is 7.33. The van der Waals surface area contributed by atoms with Gasteiger partial charge in [0.15, 0.2) is 0 Å². The molecule has 0 atom stereocenters. The average Bonchev–Trinajstić information content (AvgIpc) is 3.13. The maximum atomic E-state index is 12.4. The van der Waals surface area contributed by atoms with Crippen molar-refractivity contribution in [1.29, 1.82) is 0 Å². The first kappa shape index (κ1) is 22.1. The summed E-state index contributed by atoms with van der Waals surface area (Å²) in [6.45, 7) is 6.04. The molecule has 3 aliphatic heterocycles. The Morgan fingerprint density at radius 3 is 2.39 bits per heavy atom. The number of piperidine rings is 2. The predicted octanol–water partition coefficient (Wildman–Crippen LogP) is 4.62. The lowest BCUT2D eigenvalue weighted by atomic mass is 9.83. The number of methoxy groups -OCH3 is 1. The summed E-state index contributed by atoms with van der Waals surface area (Å²) in [5.41, 5.74) is 2.29. The molecule has 2 aromatic carbocycles. The molecular weight excluding hydrogens is 416 g/mol. The molecule has 2 fully saturated rings. The first-order valence-corrected chi connectivity index (χ1v) is 12.3. The Balaban J connectivity index is 1.14. The summed E-state index contributed by atoms with van der Waals surface area (Å²) < 4.78 is 17.3. The first-order chi connectivity index (χ1) is 16.2. The van der Waals surface area contributed by atoms with Crippen molar-refractivity contribution in [3.05, 3.63) is 53.6 Å². The molecule has 2 aromatic rings. The fourth-order valence-electron chi connectivity index (χ4n) is 5.40. The van der Waals surface area contributed by atoms with Gasteiger partial charge in [-0.1, -0.05) is 6.42 Å². The van der Waals surface area contributed by atoms with Crippen molar-refractivity contribution < 1.29 is 19.0 Å². The molecule has 0 bridgehead atoms. The van der Waals surface area contributed by atoms with E-state index in [1.54, 1.807) is 7.11 Å². The van der Waals surface area contributed by atoms with Gasteiger partial charge in [0.1, 0.15) is 17.1 Å². The van der Waals surface area contributed by atoms with Crippen LogP contribution < -0.4 is 14.4 Å². The van der Waals surface area contributed by atoms with Crippen LogP contribution in [0.15, 0.2) is 42.5 Å². The van der Waals surface area contributed by atoms with E-state index in [0.29, 0.717) is 5.56 Å². The quantitative estimate of drug-likeness (QED) is 0.453. The minimum absolute atomic E-state index is 0.220. The summed E-state index contributed by atoms with van der Waals surface area (Å²) in [6.07, 6.45) is 6.67. The Kier molecular flexibility index (Phi) is 6.45. The topological polar surface area (TPSA) is 51.2 Å². The van der Waals surface area contributed by atoms with Gasteiger partial charge < -0.3 is 24.0 Å². The third-order valence-corrected chi connectivity index (χ3v) is 7.33. The van der Waals surface area contributed by atoms with E-state index in [4.69, 9.17) is 14.2 Å². The van der Waals surface area contributed by atoms with E-state index >= 15 is 0 Å². The average molecular weight is 451 g/mol. The van der Waals surface area contributed by atoms with Crippen molar-refractivity contribution in [2.45, 2.75) is 44.1 Å². The van der Waals surface area contributed by atoms with Crippen molar-refractivity contribution in [2.75, 3.05) is 51.3 Å². The van der Waals surface area contributed by atoms with Crippen molar-refractivity contribution >= 4 is 11.7 Å². The summed E-state index contributed by atoms with van der Waals surface area (Å²) in [4.78, 5) is 17.3. The van der Waals surface area contributed by atoms with Crippen molar-refractivity contribution in [1.82, 2.24) is 4.90 Å². The predicted molar refractivity (Wildman–Crippen MR) is 128 cm³/mol. The van der Waals surface area contributed by atoms with Gasteiger partial charge in [0, 0.05) is 43.7 Å². The number of likely N-dealkylation sites (tertiary alicyclic amines) is 1. The molecule has 3 heterocycles. The number of anilines is 1. The molecular formula is C27H34N2O4. The molecule has 5 rings (SSSR count). The molecule has 1 spiro atoms. The highest BCUT2D eigenvalue weighted by Crippen LogP contribution is 2.45. The zero-order valence-electron chi connectivity index (χ0n) is 19.6. The van der Waals surface area contributed by atoms with E-state index in [9.17, 15) is 4.79 Å². The van der Waals surface area contributed by atoms with E-state index in [2.05, 4.69) is 34.1 Å². The van der Waals surface area contributed by atoms with Gasteiger partial charge >= 0.3 is 5.97 Å². The highest BCUT2D eigenvalue weighted by molar-refractivity contribution is 5.95. The van der Waals surface area contributed by atoms with Crippen molar-refractivity contribution in [2.24, 2.45) is 0 Å². The van der Waals surface area contributed by atoms with Crippen molar-refractivity contribution in [3.8, 4) is 11.5 Å². The monoisotopic (exact) mass is 450 g/mol. The number of hydrogen-bond acceptors (Lipinski definition) is 6. The Morgan fingerprint density at radius 2 is 1.67 bits per heavy atom. The van der Waals surface area contributed by atoms with Gasteiger partial charge in [0.25, 0.3) is 0 Å². The molecule has 0 radical (unpaired) electrons. The fourth-order valence-corrected chi connectivity index (χ4v) is 5.40. The van der Waals surface area contributed by atoms with Crippen LogP contribution in [0.2, 0.25) is 0 Å². The highest BCUT2D eigenvalue weighted by Gasteiger charge is 2.47. The molecule has 0 saturated carbocycles. The van der Waals surface area contributed by atoms with Crippen LogP contribution in [0.3, 0.4) is 0 Å². The van der Waals surface area contributed by atoms with Crippen LogP contribution in [0.5, 0.6) is 11.5 Å². The molecule has 3 aliphatic rings. The summed E-state index contributed by atoms with van der Waals surface area (Å²) in [5, 5.41) is 0. The number of carbonyl (C=O) groups excluding carboxylic acids is 1.